The molecule has 1 N–H and O–H groups in total. The molecule has 0 heterocycles. The SMILES string of the molecule is CC(C)O.[LiH].[Nb]. The van der Waals surface area contributed by atoms with Gasteiger partial charge in [-0.25, -0.2) is 0 Å². The van der Waals surface area contributed by atoms with E-state index in [0.29, 0.717) is 0 Å². The van der Waals surface area contributed by atoms with E-state index in [4.69, 9.17) is 5.11 Å². The maximum Gasteiger partial charge on any atom is 0 e. The quantitative estimate of drug-likeness (QED) is 0.485. The molecule has 3 heteroatoms. The van der Waals surface area contributed by atoms with Crippen LogP contribution in [0.5, 0.6) is 0 Å². The number of hydrogen-bond donors (Lipinski definition) is 1. The predicted octanol–water partition coefficient (Wildman–Crippen LogP) is -0.264. The summed E-state index contributed by atoms with van der Waals surface area (Å²) >= 11 is 0. The normalized spacial score (nSPS) is 6.00. The second-order valence-electron chi connectivity index (χ2n) is 1.09. The first-order valence-electron chi connectivity index (χ1n) is 1.41. The molecule has 0 aromatic carbocycles. The Morgan fingerprint density at radius 1 is 1.33 bits per heavy atom. The van der Waals surface area contributed by atoms with E-state index in [9.17, 15) is 0 Å². The minimum absolute atomic E-state index is 0. The van der Waals surface area contributed by atoms with Crippen molar-refractivity contribution in [3.05, 3.63) is 0 Å². The van der Waals surface area contributed by atoms with Gasteiger partial charge in [-0.2, -0.15) is 0 Å². The molecule has 0 unspecified atom stereocenters. The zero-order valence-electron chi connectivity index (χ0n) is 3.47. The molecule has 0 aliphatic carbocycles. The van der Waals surface area contributed by atoms with Crippen LogP contribution in [-0.2, 0) is 22.4 Å². The van der Waals surface area contributed by atoms with Crippen LogP contribution in [0, 0.1) is 0 Å². The molecular weight excluding hydrogens is 152 g/mol. The molecule has 0 atom stereocenters. The second kappa shape index (κ2) is 9.57. The fourth-order valence-electron chi connectivity index (χ4n) is 0. The van der Waals surface area contributed by atoms with Crippen molar-refractivity contribution in [2.75, 3.05) is 0 Å². The average molecular weight is 161 g/mol. The molecule has 0 aliphatic heterocycles. The molecule has 0 aromatic rings. The molecule has 6 heavy (non-hydrogen) atoms. The fraction of sp³-hybridized carbons (Fsp3) is 1.00. The van der Waals surface area contributed by atoms with Gasteiger partial charge in [0.25, 0.3) is 0 Å². The molecule has 0 saturated carbocycles. The third-order valence-corrected chi connectivity index (χ3v) is 0. The minimum atomic E-state index is -0.167. The number of aliphatic hydroxyl groups excluding tert-OH is 1. The van der Waals surface area contributed by atoms with Gasteiger partial charge in [0.2, 0.25) is 0 Å². The zero-order valence-corrected chi connectivity index (χ0v) is 5.67. The van der Waals surface area contributed by atoms with Crippen molar-refractivity contribution in [2.24, 2.45) is 0 Å². The van der Waals surface area contributed by atoms with E-state index in [1.807, 2.05) is 0 Å². The third kappa shape index (κ3) is 58.1. The van der Waals surface area contributed by atoms with E-state index in [2.05, 4.69) is 0 Å². The van der Waals surface area contributed by atoms with Crippen LogP contribution < -0.4 is 0 Å². The molecule has 1 radical (unpaired) electrons. The summed E-state index contributed by atoms with van der Waals surface area (Å²) in [7, 11) is 0. The molecule has 0 rings (SSSR count). The molecule has 0 spiro atoms. The summed E-state index contributed by atoms with van der Waals surface area (Å²) in [6.07, 6.45) is -0.167. The van der Waals surface area contributed by atoms with E-state index in [1.165, 1.54) is 0 Å². The van der Waals surface area contributed by atoms with Crippen LogP contribution in [-0.4, -0.2) is 30.1 Å². The average Bonchev–Trinajstić information content (AvgIpc) is 0.811. The summed E-state index contributed by atoms with van der Waals surface area (Å²) in [4.78, 5) is 0. The third-order valence-electron chi connectivity index (χ3n) is 0. The van der Waals surface area contributed by atoms with Gasteiger partial charge in [0.15, 0.2) is 0 Å². The van der Waals surface area contributed by atoms with Gasteiger partial charge in [-0.05, 0) is 13.8 Å². The van der Waals surface area contributed by atoms with Gasteiger partial charge in [0.05, 0.1) is 0 Å². The minimum Gasteiger partial charge on any atom is 0 e. The van der Waals surface area contributed by atoms with Crippen molar-refractivity contribution >= 4 is 18.9 Å². The Bertz CT molecular complexity index is 15.5. The first-order chi connectivity index (χ1) is 1.73. The Balaban J connectivity index is -0.0000000450. The van der Waals surface area contributed by atoms with Gasteiger partial charge in [-0.1, -0.05) is 0 Å². The van der Waals surface area contributed by atoms with Crippen LogP contribution >= 0.6 is 0 Å². The Morgan fingerprint density at radius 3 is 1.33 bits per heavy atom. The summed E-state index contributed by atoms with van der Waals surface area (Å²) in [5, 5.41) is 8.06. The molecule has 1 nitrogen and oxygen atoms in total. The summed E-state index contributed by atoms with van der Waals surface area (Å²) in [5.41, 5.74) is 0. The molecular formula is C3H9LiNbO. The van der Waals surface area contributed by atoms with Gasteiger partial charge in [0.1, 0.15) is 0 Å². The largest absolute Gasteiger partial charge is 0 e. The Hall–Kier alpha value is 1.30. The first-order valence-corrected chi connectivity index (χ1v) is 1.41. The van der Waals surface area contributed by atoms with Crippen LogP contribution in [0.3, 0.4) is 0 Å². The first kappa shape index (κ1) is 15.7. The molecule has 0 fully saturated rings. The maximum atomic E-state index is 8.06. The summed E-state index contributed by atoms with van der Waals surface area (Å²) in [6.45, 7) is 3.44. The zero-order chi connectivity index (χ0) is 3.58. The Labute approximate surface area is 66.2 Å². The van der Waals surface area contributed by atoms with Crippen LogP contribution in [0.4, 0.5) is 0 Å². The summed E-state index contributed by atoms with van der Waals surface area (Å²) in [5.74, 6) is 0. The topological polar surface area (TPSA) is 20.2 Å². The van der Waals surface area contributed by atoms with Crippen molar-refractivity contribution < 1.29 is 27.5 Å². The molecule has 0 aliphatic rings. The van der Waals surface area contributed by atoms with Gasteiger partial charge >= 0.3 is 18.9 Å². The van der Waals surface area contributed by atoms with Crippen molar-refractivity contribution in [1.29, 1.82) is 0 Å². The standard InChI is InChI=1S/C3H8O.Li.Nb.H/c1-3(2)4;;;/h3-4H,1-2H3;;;. The molecule has 0 amide bonds. The number of rotatable bonds is 0. The Kier molecular flexibility index (Phi) is 25.0. The summed E-state index contributed by atoms with van der Waals surface area (Å²) in [6, 6.07) is 0. The summed E-state index contributed by atoms with van der Waals surface area (Å²) < 4.78 is 0. The molecule has 0 aromatic heterocycles. The van der Waals surface area contributed by atoms with E-state index >= 15 is 0 Å². The van der Waals surface area contributed by atoms with E-state index in [0.717, 1.165) is 0 Å². The van der Waals surface area contributed by atoms with E-state index in [1.54, 1.807) is 13.8 Å². The van der Waals surface area contributed by atoms with Gasteiger partial charge in [0, 0.05) is 28.5 Å². The monoisotopic (exact) mass is 161 g/mol. The smallest absolute Gasteiger partial charge is 0 e. The second-order valence-corrected chi connectivity index (χ2v) is 1.09. The van der Waals surface area contributed by atoms with Gasteiger partial charge in [-0.3, -0.25) is 0 Å². The van der Waals surface area contributed by atoms with Crippen LogP contribution in [0.25, 0.3) is 0 Å². The van der Waals surface area contributed by atoms with Crippen LogP contribution in [0.15, 0.2) is 0 Å². The van der Waals surface area contributed by atoms with Crippen molar-refractivity contribution in [1.82, 2.24) is 0 Å². The maximum absolute atomic E-state index is 8.06. The number of aliphatic hydroxyl groups is 1. The van der Waals surface area contributed by atoms with Crippen LogP contribution in [0.1, 0.15) is 13.8 Å². The molecule has 0 saturated heterocycles. The predicted molar refractivity (Wildman–Crippen MR) is 24.5 cm³/mol. The molecule has 0 bridgehead atoms. The van der Waals surface area contributed by atoms with E-state index < -0.39 is 0 Å². The van der Waals surface area contributed by atoms with Crippen molar-refractivity contribution in [2.45, 2.75) is 20.0 Å². The number of hydrogen-bond acceptors (Lipinski definition) is 1. The van der Waals surface area contributed by atoms with Crippen LogP contribution in [0.2, 0.25) is 0 Å². The van der Waals surface area contributed by atoms with Crippen molar-refractivity contribution in [3.8, 4) is 0 Å². The van der Waals surface area contributed by atoms with Gasteiger partial charge < -0.3 is 5.11 Å². The van der Waals surface area contributed by atoms with Gasteiger partial charge in [-0.15, -0.1) is 0 Å². The van der Waals surface area contributed by atoms with E-state index in [-0.39, 0.29) is 47.3 Å². The van der Waals surface area contributed by atoms with Crippen molar-refractivity contribution in [3.63, 3.8) is 0 Å². The molecule has 33 valence electrons. The Morgan fingerprint density at radius 2 is 1.33 bits per heavy atom. The fourth-order valence-corrected chi connectivity index (χ4v) is 0.